The number of anilines is 1. The monoisotopic (exact) mass is 138 g/mol. The third-order valence-corrected chi connectivity index (χ3v) is 1.10. The standard InChI is InChI=1S/C7H10N2O/c1-2-9-6-3-7(10)5-8-4-6/h3-5,9-10H,2H2,1H3. The molecule has 0 unspecified atom stereocenters. The summed E-state index contributed by atoms with van der Waals surface area (Å²) < 4.78 is 0. The van der Waals surface area contributed by atoms with Crippen molar-refractivity contribution in [3.63, 3.8) is 0 Å². The van der Waals surface area contributed by atoms with Crippen LogP contribution in [0.15, 0.2) is 18.5 Å². The molecule has 10 heavy (non-hydrogen) atoms. The molecule has 1 rings (SSSR count). The highest BCUT2D eigenvalue weighted by Crippen LogP contribution is 2.11. The molecule has 0 bridgehead atoms. The maximum absolute atomic E-state index is 8.94. The second-order valence-corrected chi connectivity index (χ2v) is 1.96. The van der Waals surface area contributed by atoms with Crippen LogP contribution in [0.25, 0.3) is 0 Å². The van der Waals surface area contributed by atoms with Gasteiger partial charge in [-0.15, -0.1) is 0 Å². The van der Waals surface area contributed by atoms with Gasteiger partial charge in [-0.3, -0.25) is 4.98 Å². The lowest BCUT2D eigenvalue weighted by Crippen LogP contribution is -1.95. The number of hydrogen-bond donors (Lipinski definition) is 2. The Morgan fingerprint density at radius 1 is 1.60 bits per heavy atom. The van der Waals surface area contributed by atoms with Gasteiger partial charge in [0.25, 0.3) is 0 Å². The first-order valence-corrected chi connectivity index (χ1v) is 3.21. The van der Waals surface area contributed by atoms with E-state index in [0.29, 0.717) is 0 Å². The molecular formula is C7H10N2O. The van der Waals surface area contributed by atoms with E-state index in [1.807, 2.05) is 6.92 Å². The average Bonchev–Trinajstić information content (AvgIpc) is 1.88. The fourth-order valence-electron chi connectivity index (χ4n) is 0.729. The summed E-state index contributed by atoms with van der Waals surface area (Å²) in [5.41, 5.74) is 0.850. The maximum Gasteiger partial charge on any atom is 0.135 e. The largest absolute Gasteiger partial charge is 0.506 e. The Bertz CT molecular complexity index is 213. The molecule has 2 N–H and O–H groups in total. The summed E-state index contributed by atoms with van der Waals surface area (Å²) in [6.07, 6.45) is 3.07. The van der Waals surface area contributed by atoms with Gasteiger partial charge < -0.3 is 10.4 Å². The van der Waals surface area contributed by atoms with Gasteiger partial charge in [-0.2, -0.15) is 0 Å². The Hall–Kier alpha value is -1.25. The lowest BCUT2D eigenvalue weighted by molar-refractivity contribution is 0.473. The molecule has 1 aromatic rings. The van der Waals surface area contributed by atoms with E-state index < -0.39 is 0 Å². The van der Waals surface area contributed by atoms with Gasteiger partial charge in [0.15, 0.2) is 0 Å². The smallest absolute Gasteiger partial charge is 0.135 e. The highest BCUT2D eigenvalue weighted by Gasteiger charge is 1.90. The fraction of sp³-hybridized carbons (Fsp3) is 0.286. The van der Waals surface area contributed by atoms with Crippen LogP contribution >= 0.6 is 0 Å². The van der Waals surface area contributed by atoms with Crippen molar-refractivity contribution in [2.45, 2.75) is 6.92 Å². The number of pyridine rings is 1. The number of nitrogens with zero attached hydrogens (tertiary/aromatic N) is 1. The summed E-state index contributed by atoms with van der Waals surface area (Å²) in [7, 11) is 0. The molecule has 0 spiro atoms. The molecule has 1 heterocycles. The Morgan fingerprint density at radius 2 is 2.40 bits per heavy atom. The predicted molar refractivity (Wildman–Crippen MR) is 40.1 cm³/mol. The van der Waals surface area contributed by atoms with Crippen LogP contribution < -0.4 is 5.32 Å². The molecule has 3 heteroatoms. The van der Waals surface area contributed by atoms with Crippen LogP contribution in [0.5, 0.6) is 5.75 Å². The van der Waals surface area contributed by atoms with Crippen LogP contribution in [0.3, 0.4) is 0 Å². The number of hydrogen-bond acceptors (Lipinski definition) is 3. The van der Waals surface area contributed by atoms with Gasteiger partial charge in [0.05, 0.1) is 18.1 Å². The van der Waals surface area contributed by atoms with E-state index >= 15 is 0 Å². The molecular weight excluding hydrogens is 128 g/mol. The molecule has 0 amide bonds. The van der Waals surface area contributed by atoms with E-state index in [1.165, 1.54) is 6.20 Å². The summed E-state index contributed by atoms with van der Waals surface area (Å²) >= 11 is 0. The highest BCUT2D eigenvalue weighted by atomic mass is 16.3. The Morgan fingerprint density at radius 3 is 3.00 bits per heavy atom. The number of aromatic nitrogens is 1. The van der Waals surface area contributed by atoms with E-state index in [4.69, 9.17) is 5.11 Å². The van der Waals surface area contributed by atoms with Crippen molar-refractivity contribution in [2.75, 3.05) is 11.9 Å². The van der Waals surface area contributed by atoms with Gasteiger partial charge in [-0.1, -0.05) is 0 Å². The summed E-state index contributed by atoms with van der Waals surface area (Å²) in [6, 6.07) is 1.64. The molecule has 1 aromatic heterocycles. The molecule has 0 fully saturated rings. The van der Waals surface area contributed by atoms with E-state index in [0.717, 1.165) is 12.2 Å². The molecule has 0 saturated carbocycles. The van der Waals surface area contributed by atoms with Crippen LogP contribution in [0.4, 0.5) is 5.69 Å². The minimum absolute atomic E-state index is 0.193. The fourth-order valence-corrected chi connectivity index (χ4v) is 0.729. The minimum Gasteiger partial charge on any atom is -0.506 e. The minimum atomic E-state index is 0.193. The first-order chi connectivity index (χ1) is 4.83. The van der Waals surface area contributed by atoms with Gasteiger partial charge in [-0.25, -0.2) is 0 Å². The quantitative estimate of drug-likeness (QED) is 0.645. The Kier molecular flexibility index (Phi) is 2.10. The molecule has 0 aliphatic rings. The molecule has 0 radical (unpaired) electrons. The molecule has 3 nitrogen and oxygen atoms in total. The number of nitrogens with one attached hydrogen (secondary N) is 1. The molecule has 0 aromatic carbocycles. The van der Waals surface area contributed by atoms with E-state index in [2.05, 4.69) is 10.3 Å². The molecule has 0 saturated heterocycles. The maximum atomic E-state index is 8.94. The van der Waals surface area contributed by atoms with Crippen molar-refractivity contribution in [3.05, 3.63) is 18.5 Å². The predicted octanol–water partition coefficient (Wildman–Crippen LogP) is 1.22. The zero-order valence-corrected chi connectivity index (χ0v) is 5.83. The van der Waals surface area contributed by atoms with Crippen molar-refractivity contribution >= 4 is 5.69 Å². The summed E-state index contributed by atoms with van der Waals surface area (Å²) in [4.78, 5) is 3.79. The van der Waals surface area contributed by atoms with Crippen LogP contribution in [0, 0.1) is 0 Å². The highest BCUT2D eigenvalue weighted by molar-refractivity contribution is 5.44. The second-order valence-electron chi connectivity index (χ2n) is 1.96. The zero-order chi connectivity index (χ0) is 7.40. The van der Waals surface area contributed by atoms with E-state index in [1.54, 1.807) is 12.3 Å². The van der Waals surface area contributed by atoms with Crippen LogP contribution in [-0.4, -0.2) is 16.6 Å². The number of rotatable bonds is 2. The van der Waals surface area contributed by atoms with Crippen molar-refractivity contribution in [3.8, 4) is 5.75 Å². The first kappa shape index (κ1) is 6.86. The van der Waals surface area contributed by atoms with Crippen molar-refractivity contribution in [1.29, 1.82) is 0 Å². The summed E-state index contributed by atoms with van der Waals surface area (Å²) in [6.45, 7) is 2.83. The van der Waals surface area contributed by atoms with Crippen LogP contribution in [0.1, 0.15) is 6.92 Å². The topological polar surface area (TPSA) is 45.2 Å². The van der Waals surface area contributed by atoms with Gasteiger partial charge >= 0.3 is 0 Å². The van der Waals surface area contributed by atoms with Gasteiger partial charge in [0.1, 0.15) is 5.75 Å². The van der Waals surface area contributed by atoms with E-state index in [9.17, 15) is 0 Å². The Labute approximate surface area is 59.7 Å². The Balaban J connectivity index is 2.75. The van der Waals surface area contributed by atoms with Crippen molar-refractivity contribution < 1.29 is 5.11 Å². The van der Waals surface area contributed by atoms with Gasteiger partial charge in [-0.05, 0) is 6.92 Å². The SMILES string of the molecule is CCNc1cncc(O)c1. The third kappa shape index (κ3) is 1.62. The summed E-state index contributed by atoms with van der Waals surface area (Å²) in [5.74, 6) is 0.193. The lowest BCUT2D eigenvalue weighted by Gasteiger charge is -2.00. The molecule has 54 valence electrons. The molecule has 0 aliphatic carbocycles. The average molecular weight is 138 g/mol. The van der Waals surface area contributed by atoms with Crippen LogP contribution in [0.2, 0.25) is 0 Å². The van der Waals surface area contributed by atoms with E-state index in [-0.39, 0.29) is 5.75 Å². The summed E-state index contributed by atoms with van der Waals surface area (Å²) in [5, 5.41) is 12.0. The molecule has 0 aliphatic heterocycles. The van der Waals surface area contributed by atoms with Crippen molar-refractivity contribution in [2.24, 2.45) is 0 Å². The lowest BCUT2D eigenvalue weighted by atomic mass is 10.4. The molecule has 0 atom stereocenters. The second kappa shape index (κ2) is 3.06. The number of aromatic hydroxyl groups is 1. The van der Waals surface area contributed by atoms with Crippen LogP contribution in [-0.2, 0) is 0 Å². The normalized spacial score (nSPS) is 9.30. The first-order valence-electron chi connectivity index (χ1n) is 3.21. The third-order valence-electron chi connectivity index (χ3n) is 1.10. The zero-order valence-electron chi connectivity index (χ0n) is 5.83. The van der Waals surface area contributed by atoms with Gasteiger partial charge in [0.2, 0.25) is 0 Å². The van der Waals surface area contributed by atoms with Gasteiger partial charge in [0, 0.05) is 12.6 Å². The van der Waals surface area contributed by atoms with Crippen molar-refractivity contribution in [1.82, 2.24) is 4.98 Å².